The second kappa shape index (κ2) is 14.0. The first-order valence-corrected chi connectivity index (χ1v) is 13.5. The SMILES string of the molecule is COc1ccc(CNC(=O)c2ccc3c(c2)Cc2cccc(c2)CN(CCC(C)C)CCOCCO3)cc1. The minimum atomic E-state index is -0.110. The molecule has 1 heterocycles. The lowest BCUT2D eigenvalue weighted by atomic mass is 9.99. The van der Waals surface area contributed by atoms with E-state index >= 15 is 0 Å². The zero-order valence-electron chi connectivity index (χ0n) is 22.9. The van der Waals surface area contributed by atoms with Crippen LogP contribution in [0.1, 0.15) is 52.9 Å². The molecule has 0 saturated heterocycles. The van der Waals surface area contributed by atoms with Crippen LogP contribution in [0.15, 0.2) is 66.7 Å². The van der Waals surface area contributed by atoms with Gasteiger partial charge in [-0.2, -0.15) is 0 Å². The Bertz CT molecular complexity index is 1180. The molecule has 38 heavy (non-hydrogen) atoms. The highest BCUT2D eigenvalue weighted by molar-refractivity contribution is 5.94. The van der Waals surface area contributed by atoms with E-state index in [1.165, 1.54) is 17.5 Å². The Hall–Kier alpha value is -3.35. The predicted molar refractivity (Wildman–Crippen MR) is 151 cm³/mol. The molecule has 0 aromatic heterocycles. The van der Waals surface area contributed by atoms with Gasteiger partial charge in [-0.05, 0) is 71.5 Å². The molecular weight excluding hydrogens is 476 g/mol. The standard InChI is InChI=1S/C32H40N2O4/c1-24(2)13-14-34-15-16-37-17-18-38-31-12-9-28(21-29(31)20-26-5-4-6-27(19-26)23-34)32(35)33-22-25-7-10-30(36-3)11-8-25/h4-12,19,21,24H,13-18,20,22-23H2,1-3H3,(H,33,35). The summed E-state index contributed by atoms with van der Waals surface area (Å²) in [5.74, 6) is 2.15. The van der Waals surface area contributed by atoms with Gasteiger partial charge in [0.05, 0.1) is 20.3 Å². The van der Waals surface area contributed by atoms with Crippen molar-refractivity contribution in [1.82, 2.24) is 10.2 Å². The monoisotopic (exact) mass is 516 g/mol. The van der Waals surface area contributed by atoms with E-state index in [-0.39, 0.29) is 5.91 Å². The number of nitrogens with one attached hydrogen (secondary N) is 1. The minimum absolute atomic E-state index is 0.110. The highest BCUT2D eigenvalue weighted by Gasteiger charge is 2.14. The molecule has 202 valence electrons. The van der Waals surface area contributed by atoms with Gasteiger partial charge in [0.1, 0.15) is 18.1 Å². The first-order chi connectivity index (χ1) is 18.5. The van der Waals surface area contributed by atoms with Crippen LogP contribution in [0.5, 0.6) is 11.5 Å². The molecule has 1 aliphatic heterocycles. The normalized spacial score (nSPS) is 14.7. The average molecular weight is 517 g/mol. The summed E-state index contributed by atoms with van der Waals surface area (Å²) < 4.78 is 17.2. The van der Waals surface area contributed by atoms with Gasteiger partial charge in [-0.25, -0.2) is 0 Å². The molecule has 6 nitrogen and oxygen atoms in total. The summed E-state index contributed by atoms with van der Waals surface area (Å²) in [6.07, 6.45) is 1.86. The fourth-order valence-corrected chi connectivity index (χ4v) is 4.56. The number of hydrogen-bond donors (Lipinski definition) is 1. The van der Waals surface area contributed by atoms with E-state index in [9.17, 15) is 4.79 Å². The number of hydrogen-bond acceptors (Lipinski definition) is 5. The number of nitrogens with zero attached hydrogens (tertiary/aromatic N) is 1. The molecule has 0 aliphatic carbocycles. The molecule has 1 aliphatic rings. The van der Waals surface area contributed by atoms with E-state index in [1.807, 2.05) is 42.5 Å². The minimum Gasteiger partial charge on any atom is -0.497 e. The van der Waals surface area contributed by atoms with Crippen molar-refractivity contribution >= 4 is 5.91 Å². The number of amides is 1. The van der Waals surface area contributed by atoms with Crippen LogP contribution in [0.2, 0.25) is 0 Å². The summed E-state index contributed by atoms with van der Waals surface area (Å²) >= 11 is 0. The molecule has 0 fully saturated rings. The third-order valence-electron chi connectivity index (χ3n) is 6.79. The lowest BCUT2D eigenvalue weighted by Crippen LogP contribution is -2.29. The van der Waals surface area contributed by atoms with Gasteiger partial charge < -0.3 is 19.5 Å². The highest BCUT2D eigenvalue weighted by Crippen LogP contribution is 2.25. The summed E-state index contributed by atoms with van der Waals surface area (Å²) in [5, 5.41) is 3.03. The molecule has 2 bridgehead atoms. The second-order valence-electron chi connectivity index (χ2n) is 10.3. The zero-order chi connectivity index (χ0) is 26.7. The van der Waals surface area contributed by atoms with E-state index in [0.717, 1.165) is 42.3 Å². The van der Waals surface area contributed by atoms with Crippen LogP contribution in [-0.2, 0) is 24.2 Å². The Balaban J connectivity index is 1.50. The zero-order valence-corrected chi connectivity index (χ0v) is 22.9. The molecule has 3 aromatic rings. The van der Waals surface area contributed by atoms with Gasteiger partial charge in [-0.15, -0.1) is 0 Å². The lowest BCUT2D eigenvalue weighted by Gasteiger charge is -2.24. The molecule has 1 amide bonds. The third-order valence-corrected chi connectivity index (χ3v) is 6.79. The van der Waals surface area contributed by atoms with E-state index in [4.69, 9.17) is 14.2 Å². The third kappa shape index (κ3) is 8.33. The molecule has 6 heteroatoms. The maximum Gasteiger partial charge on any atom is 0.251 e. The summed E-state index contributed by atoms with van der Waals surface area (Å²) in [6, 6.07) is 22.1. The molecule has 0 radical (unpaired) electrons. The smallest absolute Gasteiger partial charge is 0.251 e. The molecular formula is C32H40N2O4. The van der Waals surface area contributed by atoms with Crippen LogP contribution in [0, 0.1) is 5.92 Å². The fraction of sp³-hybridized carbons (Fsp3) is 0.406. The number of carbonyl (C=O) groups is 1. The largest absolute Gasteiger partial charge is 0.497 e. The summed E-state index contributed by atoms with van der Waals surface area (Å²) in [7, 11) is 1.64. The van der Waals surface area contributed by atoms with Crippen LogP contribution < -0.4 is 14.8 Å². The van der Waals surface area contributed by atoms with Crippen molar-refractivity contribution in [2.45, 2.75) is 39.8 Å². The molecule has 4 rings (SSSR count). The highest BCUT2D eigenvalue weighted by atomic mass is 16.5. The molecule has 1 N–H and O–H groups in total. The number of ether oxygens (including phenoxy) is 3. The fourth-order valence-electron chi connectivity index (χ4n) is 4.56. The molecule has 0 spiro atoms. The van der Waals surface area contributed by atoms with Crippen molar-refractivity contribution in [3.05, 3.63) is 94.5 Å². The van der Waals surface area contributed by atoms with Gasteiger partial charge in [-0.1, -0.05) is 50.2 Å². The van der Waals surface area contributed by atoms with Gasteiger partial charge in [0.2, 0.25) is 0 Å². The van der Waals surface area contributed by atoms with Crippen LogP contribution in [0.3, 0.4) is 0 Å². The van der Waals surface area contributed by atoms with Gasteiger partial charge in [0, 0.05) is 31.6 Å². The van der Waals surface area contributed by atoms with E-state index in [1.54, 1.807) is 7.11 Å². The van der Waals surface area contributed by atoms with Gasteiger partial charge in [-0.3, -0.25) is 9.69 Å². The van der Waals surface area contributed by atoms with E-state index in [0.29, 0.717) is 44.3 Å². The van der Waals surface area contributed by atoms with Crippen molar-refractivity contribution in [1.29, 1.82) is 0 Å². The Kier molecular flexibility index (Phi) is 10.2. The summed E-state index contributed by atoms with van der Waals surface area (Å²) in [4.78, 5) is 15.5. The van der Waals surface area contributed by atoms with Gasteiger partial charge >= 0.3 is 0 Å². The summed E-state index contributed by atoms with van der Waals surface area (Å²) in [5.41, 5.74) is 5.13. The van der Waals surface area contributed by atoms with Crippen molar-refractivity contribution in [2.75, 3.05) is 40.0 Å². The predicted octanol–water partition coefficient (Wildman–Crippen LogP) is 5.47. The number of carbonyl (C=O) groups excluding carboxylic acids is 1. The Morgan fingerprint density at radius 1 is 1.00 bits per heavy atom. The van der Waals surface area contributed by atoms with Crippen LogP contribution in [0.4, 0.5) is 0 Å². The average Bonchev–Trinajstić information content (AvgIpc) is 2.92. The Morgan fingerprint density at radius 2 is 1.82 bits per heavy atom. The van der Waals surface area contributed by atoms with Crippen molar-refractivity contribution in [3.63, 3.8) is 0 Å². The van der Waals surface area contributed by atoms with E-state index < -0.39 is 0 Å². The number of fused-ring (bicyclic) bond motifs is 3. The maximum absolute atomic E-state index is 13.0. The van der Waals surface area contributed by atoms with Crippen LogP contribution in [0.25, 0.3) is 0 Å². The van der Waals surface area contributed by atoms with Gasteiger partial charge in [0.15, 0.2) is 0 Å². The van der Waals surface area contributed by atoms with Crippen molar-refractivity contribution in [3.8, 4) is 11.5 Å². The lowest BCUT2D eigenvalue weighted by molar-refractivity contribution is 0.0764. The first-order valence-electron chi connectivity index (χ1n) is 13.5. The van der Waals surface area contributed by atoms with E-state index in [2.05, 4.69) is 48.3 Å². The van der Waals surface area contributed by atoms with Crippen LogP contribution >= 0.6 is 0 Å². The number of methoxy groups -OCH3 is 1. The Morgan fingerprint density at radius 3 is 2.61 bits per heavy atom. The van der Waals surface area contributed by atoms with Crippen molar-refractivity contribution in [2.24, 2.45) is 5.92 Å². The molecule has 0 atom stereocenters. The topological polar surface area (TPSA) is 60.0 Å². The Labute approximate surface area is 226 Å². The van der Waals surface area contributed by atoms with Gasteiger partial charge in [0.25, 0.3) is 5.91 Å². The molecule has 0 saturated carbocycles. The summed E-state index contributed by atoms with van der Waals surface area (Å²) in [6.45, 7) is 9.54. The molecule has 3 aromatic carbocycles. The van der Waals surface area contributed by atoms with Crippen molar-refractivity contribution < 1.29 is 19.0 Å². The molecule has 0 unspecified atom stereocenters. The first kappa shape index (κ1) is 27.7. The second-order valence-corrected chi connectivity index (χ2v) is 10.3. The van der Waals surface area contributed by atoms with Crippen LogP contribution in [-0.4, -0.2) is 50.8 Å². The maximum atomic E-state index is 13.0. The number of rotatable bonds is 7. The number of benzene rings is 3. The quantitative estimate of drug-likeness (QED) is 0.451.